The van der Waals surface area contributed by atoms with Gasteiger partial charge in [-0.05, 0) is 49.2 Å². The summed E-state index contributed by atoms with van der Waals surface area (Å²) in [6.07, 6.45) is -2.02. The van der Waals surface area contributed by atoms with Gasteiger partial charge in [0.25, 0.3) is 20.2 Å². The third-order valence-corrected chi connectivity index (χ3v) is 9.01. The van der Waals surface area contributed by atoms with Crippen LogP contribution in [0.1, 0.15) is 22.3 Å². The first-order valence-electron chi connectivity index (χ1n) is 13.4. The Kier molecular flexibility index (Phi) is 11.0. The Balaban J connectivity index is 1.58. The molecule has 0 spiro atoms. The molecule has 0 aromatic heterocycles. The molecule has 4 rings (SSSR count). The first-order chi connectivity index (χ1) is 20.1. The summed E-state index contributed by atoms with van der Waals surface area (Å²) in [7, 11) is -8.28. The van der Waals surface area contributed by atoms with Gasteiger partial charge in [-0.1, -0.05) is 96.1 Å². The molecule has 4 aromatic rings. The highest BCUT2D eigenvalue weighted by molar-refractivity contribution is 7.87. The minimum absolute atomic E-state index is 0.00476. The van der Waals surface area contributed by atoms with Crippen molar-refractivity contribution in [2.45, 2.75) is 49.1 Å². The molecule has 10 heteroatoms. The molecular formula is C32H34O8S2. The Morgan fingerprint density at radius 1 is 0.500 bits per heavy atom. The van der Waals surface area contributed by atoms with Crippen LogP contribution in [0.15, 0.2) is 119 Å². The van der Waals surface area contributed by atoms with Crippen molar-refractivity contribution >= 4 is 20.2 Å². The summed E-state index contributed by atoms with van der Waals surface area (Å²) < 4.78 is 75.1. The van der Waals surface area contributed by atoms with E-state index in [9.17, 15) is 16.8 Å². The van der Waals surface area contributed by atoms with Crippen LogP contribution in [-0.2, 0) is 51.3 Å². The standard InChI is InChI=1S/C32H34O8S2/c1-25-13-17-29(18-14-25)41(33,34)39-23-31(37-21-27-9-5-3-6-10-27)32(38-22-28-11-7-4-8-12-28)24-40-42(35,36)30-19-15-26(2)16-20-30/h3-20,31-32H,21-24H2,1-2H3/t31-,32-/m0/s1. The molecule has 0 N–H and O–H groups in total. The lowest BCUT2D eigenvalue weighted by Crippen LogP contribution is -2.40. The van der Waals surface area contributed by atoms with Gasteiger partial charge in [0.1, 0.15) is 12.2 Å². The van der Waals surface area contributed by atoms with Crippen LogP contribution in [0.3, 0.4) is 0 Å². The Morgan fingerprint density at radius 2 is 0.833 bits per heavy atom. The zero-order chi connectivity index (χ0) is 30.0. The lowest BCUT2D eigenvalue weighted by atomic mass is 10.2. The van der Waals surface area contributed by atoms with E-state index < -0.39 is 45.7 Å². The van der Waals surface area contributed by atoms with E-state index in [1.54, 1.807) is 24.3 Å². The number of hydrogen-bond acceptors (Lipinski definition) is 8. The van der Waals surface area contributed by atoms with Gasteiger partial charge in [-0.25, -0.2) is 0 Å². The van der Waals surface area contributed by atoms with Crippen LogP contribution >= 0.6 is 0 Å². The van der Waals surface area contributed by atoms with Crippen LogP contribution in [0.5, 0.6) is 0 Å². The Morgan fingerprint density at radius 3 is 1.17 bits per heavy atom. The molecule has 0 bridgehead atoms. The lowest BCUT2D eigenvalue weighted by molar-refractivity contribution is -0.111. The summed E-state index contributed by atoms with van der Waals surface area (Å²) in [5.41, 5.74) is 3.47. The zero-order valence-corrected chi connectivity index (χ0v) is 25.1. The summed E-state index contributed by atoms with van der Waals surface area (Å²) in [5, 5.41) is 0. The van der Waals surface area contributed by atoms with Crippen molar-refractivity contribution in [1.29, 1.82) is 0 Å². The van der Waals surface area contributed by atoms with Gasteiger partial charge in [0.2, 0.25) is 0 Å². The quantitative estimate of drug-likeness (QED) is 0.161. The molecule has 0 saturated carbocycles. The van der Waals surface area contributed by atoms with E-state index in [2.05, 4.69) is 0 Å². The third-order valence-electron chi connectivity index (χ3n) is 6.42. The monoisotopic (exact) mass is 610 g/mol. The zero-order valence-electron chi connectivity index (χ0n) is 23.5. The topological polar surface area (TPSA) is 105 Å². The SMILES string of the molecule is Cc1ccc(S(=O)(=O)OC[C@H](OCc2ccccc2)[C@H](COS(=O)(=O)c2ccc(C)cc2)OCc2ccccc2)cc1. The maximum atomic E-state index is 13.0. The molecule has 0 aliphatic heterocycles. The van der Waals surface area contributed by atoms with Crippen molar-refractivity contribution in [3.05, 3.63) is 131 Å². The highest BCUT2D eigenvalue weighted by atomic mass is 32.2. The van der Waals surface area contributed by atoms with E-state index >= 15 is 0 Å². The predicted octanol–water partition coefficient (Wildman–Crippen LogP) is 5.59. The smallest absolute Gasteiger partial charge is 0.297 e. The van der Waals surface area contributed by atoms with Crippen molar-refractivity contribution in [2.75, 3.05) is 13.2 Å². The minimum atomic E-state index is -4.14. The molecule has 0 saturated heterocycles. The van der Waals surface area contributed by atoms with Gasteiger partial charge in [-0.3, -0.25) is 8.37 Å². The molecule has 0 amide bonds. The van der Waals surface area contributed by atoms with Crippen LogP contribution in [0.2, 0.25) is 0 Å². The molecule has 0 aliphatic carbocycles. The van der Waals surface area contributed by atoms with Gasteiger partial charge in [0, 0.05) is 0 Å². The molecule has 222 valence electrons. The molecule has 0 unspecified atom stereocenters. The molecule has 0 fully saturated rings. The van der Waals surface area contributed by atoms with Crippen LogP contribution in [-0.4, -0.2) is 42.3 Å². The van der Waals surface area contributed by atoms with Gasteiger partial charge in [0.05, 0.1) is 36.2 Å². The summed E-state index contributed by atoms with van der Waals surface area (Å²) in [6.45, 7) is 3.05. The molecular weight excluding hydrogens is 576 g/mol. The highest BCUT2D eigenvalue weighted by Crippen LogP contribution is 2.20. The van der Waals surface area contributed by atoms with Crippen LogP contribution in [0.4, 0.5) is 0 Å². The van der Waals surface area contributed by atoms with E-state index in [0.29, 0.717) is 0 Å². The predicted molar refractivity (Wildman–Crippen MR) is 159 cm³/mol. The average Bonchev–Trinajstić information content (AvgIpc) is 2.99. The van der Waals surface area contributed by atoms with Crippen LogP contribution in [0, 0.1) is 13.8 Å². The van der Waals surface area contributed by atoms with E-state index in [-0.39, 0.29) is 23.0 Å². The van der Waals surface area contributed by atoms with E-state index in [1.165, 1.54) is 24.3 Å². The molecule has 0 aliphatic rings. The number of rotatable bonds is 15. The largest absolute Gasteiger partial charge is 0.368 e. The lowest BCUT2D eigenvalue weighted by Gasteiger charge is -2.27. The van der Waals surface area contributed by atoms with Crippen molar-refractivity contribution in [1.82, 2.24) is 0 Å². The van der Waals surface area contributed by atoms with Crippen molar-refractivity contribution in [2.24, 2.45) is 0 Å². The molecule has 0 radical (unpaired) electrons. The van der Waals surface area contributed by atoms with Gasteiger partial charge < -0.3 is 9.47 Å². The molecule has 4 aromatic carbocycles. The maximum Gasteiger partial charge on any atom is 0.297 e. The van der Waals surface area contributed by atoms with Crippen LogP contribution in [0.25, 0.3) is 0 Å². The fourth-order valence-electron chi connectivity index (χ4n) is 3.94. The van der Waals surface area contributed by atoms with Crippen molar-refractivity contribution in [3.8, 4) is 0 Å². The van der Waals surface area contributed by atoms with E-state index in [0.717, 1.165) is 22.3 Å². The number of hydrogen-bond donors (Lipinski definition) is 0. The molecule has 2 atom stereocenters. The maximum absolute atomic E-state index is 13.0. The van der Waals surface area contributed by atoms with Crippen LogP contribution < -0.4 is 0 Å². The van der Waals surface area contributed by atoms with Gasteiger partial charge in [0.15, 0.2) is 0 Å². The normalized spacial score (nSPS) is 13.5. The summed E-state index contributed by atoms with van der Waals surface area (Å²) in [5.74, 6) is 0. The molecule has 42 heavy (non-hydrogen) atoms. The fourth-order valence-corrected chi connectivity index (χ4v) is 5.78. The minimum Gasteiger partial charge on any atom is -0.368 e. The number of ether oxygens (including phenoxy) is 2. The first kappa shape index (κ1) is 31.6. The number of benzene rings is 4. The van der Waals surface area contributed by atoms with Gasteiger partial charge >= 0.3 is 0 Å². The number of aryl methyl sites for hydroxylation is 2. The summed E-state index contributed by atoms with van der Waals surface area (Å²) in [6, 6.07) is 31.2. The first-order valence-corrected chi connectivity index (χ1v) is 16.2. The summed E-state index contributed by atoms with van der Waals surface area (Å²) in [4.78, 5) is -0.00951. The molecule has 0 heterocycles. The highest BCUT2D eigenvalue weighted by Gasteiger charge is 2.30. The molecule has 8 nitrogen and oxygen atoms in total. The fraction of sp³-hybridized carbons (Fsp3) is 0.250. The second-order valence-electron chi connectivity index (χ2n) is 9.77. The Labute approximate surface area is 248 Å². The third kappa shape index (κ3) is 9.32. The van der Waals surface area contributed by atoms with E-state index in [1.807, 2.05) is 74.5 Å². The van der Waals surface area contributed by atoms with Gasteiger partial charge in [-0.2, -0.15) is 16.8 Å². The Bertz CT molecular complexity index is 1480. The van der Waals surface area contributed by atoms with Gasteiger partial charge in [-0.15, -0.1) is 0 Å². The summed E-state index contributed by atoms with van der Waals surface area (Å²) >= 11 is 0. The second kappa shape index (κ2) is 14.7. The average molecular weight is 611 g/mol. The van der Waals surface area contributed by atoms with Crippen molar-refractivity contribution < 1.29 is 34.7 Å². The second-order valence-corrected chi connectivity index (χ2v) is 13.0. The van der Waals surface area contributed by atoms with E-state index in [4.69, 9.17) is 17.8 Å². The Hall–Kier alpha value is -3.38. The van der Waals surface area contributed by atoms with Crippen molar-refractivity contribution in [3.63, 3.8) is 0 Å².